The number of sulfonamides is 1. The van der Waals surface area contributed by atoms with E-state index in [-0.39, 0.29) is 5.75 Å². The van der Waals surface area contributed by atoms with Crippen LogP contribution in [0.25, 0.3) is 0 Å². The number of hydrogen-bond acceptors (Lipinski definition) is 4. The molecule has 1 aromatic carbocycles. The lowest BCUT2D eigenvalue weighted by molar-refractivity contribution is 0.263. The zero-order valence-electron chi connectivity index (χ0n) is 12.2. The molecule has 0 saturated carbocycles. The summed E-state index contributed by atoms with van der Waals surface area (Å²) in [4.78, 5) is 0. The Kier molecular flexibility index (Phi) is 5.34. The van der Waals surface area contributed by atoms with Crippen molar-refractivity contribution in [2.24, 2.45) is 5.92 Å². The number of benzene rings is 1. The van der Waals surface area contributed by atoms with Gasteiger partial charge in [0.2, 0.25) is 10.0 Å². The molecule has 1 saturated heterocycles. The van der Waals surface area contributed by atoms with Gasteiger partial charge in [0, 0.05) is 13.1 Å². The van der Waals surface area contributed by atoms with E-state index in [0.717, 1.165) is 19.4 Å². The number of nitriles is 1. The molecule has 1 unspecified atom stereocenters. The predicted octanol–water partition coefficient (Wildman–Crippen LogP) is 1.32. The van der Waals surface area contributed by atoms with E-state index in [2.05, 4.69) is 5.32 Å². The highest BCUT2D eigenvalue weighted by atomic mass is 32.2. The van der Waals surface area contributed by atoms with Gasteiger partial charge in [0.05, 0.1) is 17.4 Å². The number of hydrogen-bond donors (Lipinski definition) is 1. The zero-order valence-corrected chi connectivity index (χ0v) is 13.1. The van der Waals surface area contributed by atoms with Crippen LogP contribution in [0.4, 0.5) is 0 Å². The molecule has 0 bridgehead atoms. The summed E-state index contributed by atoms with van der Waals surface area (Å²) in [7, 11) is -1.43. The van der Waals surface area contributed by atoms with Gasteiger partial charge in [-0.3, -0.25) is 0 Å². The standard InChI is InChI=1S/C15H21N3O2S/c1-17-10-15-6-3-7-18(11-15)21(19,20)12-14-5-2-4-13(8-14)9-16/h2,4-5,8,15,17H,3,6-7,10-12H2,1H3. The predicted molar refractivity (Wildman–Crippen MR) is 82.0 cm³/mol. The van der Waals surface area contributed by atoms with Crippen LogP contribution in [0.15, 0.2) is 24.3 Å². The van der Waals surface area contributed by atoms with Gasteiger partial charge in [0.1, 0.15) is 0 Å². The summed E-state index contributed by atoms with van der Waals surface area (Å²) >= 11 is 0. The second kappa shape index (κ2) is 7.03. The van der Waals surface area contributed by atoms with Crippen LogP contribution in [0.2, 0.25) is 0 Å². The summed E-state index contributed by atoms with van der Waals surface area (Å²) in [5.74, 6) is 0.346. The van der Waals surface area contributed by atoms with Crippen molar-refractivity contribution in [1.29, 1.82) is 5.26 Å². The fourth-order valence-electron chi connectivity index (χ4n) is 2.77. The van der Waals surface area contributed by atoms with E-state index in [9.17, 15) is 8.42 Å². The van der Waals surface area contributed by atoms with E-state index in [4.69, 9.17) is 5.26 Å². The normalized spacial score (nSPS) is 20.1. The van der Waals surface area contributed by atoms with E-state index in [1.807, 2.05) is 13.1 Å². The van der Waals surface area contributed by atoms with Gasteiger partial charge in [-0.25, -0.2) is 12.7 Å². The molecule has 114 valence electrons. The maximum absolute atomic E-state index is 12.5. The lowest BCUT2D eigenvalue weighted by Gasteiger charge is -2.31. The summed E-state index contributed by atoms with van der Waals surface area (Å²) in [5.41, 5.74) is 1.17. The van der Waals surface area contributed by atoms with Crippen molar-refractivity contribution >= 4 is 10.0 Å². The van der Waals surface area contributed by atoms with E-state index in [0.29, 0.717) is 30.1 Å². The molecule has 1 heterocycles. The van der Waals surface area contributed by atoms with E-state index in [1.165, 1.54) is 0 Å². The van der Waals surface area contributed by atoms with Gasteiger partial charge in [-0.15, -0.1) is 0 Å². The van der Waals surface area contributed by atoms with Gasteiger partial charge >= 0.3 is 0 Å². The maximum Gasteiger partial charge on any atom is 0.218 e. The van der Waals surface area contributed by atoms with Crippen LogP contribution >= 0.6 is 0 Å². The van der Waals surface area contributed by atoms with Gasteiger partial charge < -0.3 is 5.32 Å². The first-order chi connectivity index (χ1) is 10.0. The first kappa shape index (κ1) is 16.0. The minimum absolute atomic E-state index is 0.0329. The van der Waals surface area contributed by atoms with Crippen molar-refractivity contribution in [2.75, 3.05) is 26.7 Å². The second-order valence-electron chi connectivity index (χ2n) is 5.49. The average Bonchev–Trinajstić information content (AvgIpc) is 2.48. The minimum atomic E-state index is -3.32. The average molecular weight is 307 g/mol. The lowest BCUT2D eigenvalue weighted by Crippen LogP contribution is -2.42. The fraction of sp³-hybridized carbons (Fsp3) is 0.533. The molecule has 0 aromatic heterocycles. The molecule has 0 amide bonds. The first-order valence-electron chi connectivity index (χ1n) is 7.16. The molecular formula is C15H21N3O2S. The Hall–Kier alpha value is -1.42. The Labute approximate surface area is 126 Å². The maximum atomic E-state index is 12.5. The van der Waals surface area contributed by atoms with Gasteiger partial charge in [-0.05, 0) is 50.0 Å². The van der Waals surface area contributed by atoms with E-state index in [1.54, 1.807) is 28.6 Å². The molecule has 1 N–H and O–H groups in total. The Morgan fingerprint density at radius 3 is 3.00 bits per heavy atom. The highest BCUT2D eigenvalue weighted by Gasteiger charge is 2.28. The molecule has 1 aromatic rings. The Morgan fingerprint density at radius 1 is 1.48 bits per heavy atom. The minimum Gasteiger partial charge on any atom is -0.319 e. The molecule has 1 fully saturated rings. The summed E-state index contributed by atoms with van der Waals surface area (Å²) < 4.78 is 26.6. The van der Waals surface area contributed by atoms with Gasteiger partial charge in [0.25, 0.3) is 0 Å². The summed E-state index contributed by atoms with van der Waals surface area (Å²) in [6.45, 7) is 2.03. The largest absolute Gasteiger partial charge is 0.319 e. The molecule has 1 aliphatic heterocycles. The third-order valence-corrected chi connectivity index (χ3v) is 5.59. The van der Waals surface area contributed by atoms with Crippen molar-refractivity contribution in [2.45, 2.75) is 18.6 Å². The number of nitrogens with zero attached hydrogens (tertiary/aromatic N) is 2. The molecule has 1 aliphatic rings. The smallest absolute Gasteiger partial charge is 0.218 e. The van der Waals surface area contributed by atoms with E-state index >= 15 is 0 Å². The van der Waals surface area contributed by atoms with Gasteiger partial charge in [0.15, 0.2) is 0 Å². The summed E-state index contributed by atoms with van der Waals surface area (Å²) in [6, 6.07) is 8.85. The van der Waals surface area contributed by atoms with Crippen LogP contribution in [-0.4, -0.2) is 39.4 Å². The van der Waals surface area contributed by atoms with Crippen molar-refractivity contribution in [3.8, 4) is 6.07 Å². The Morgan fingerprint density at radius 2 is 2.29 bits per heavy atom. The fourth-order valence-corrected chi connectivity index (χ4v) is 4.40. The molecule has 6 heteroatoms. The summed E-state index contributed by atoms with van der Waals surface area (Å²) in [5, 5.41) is 12.0. The SMILES string of the molecule is CNCC1CCCN(S(=O)(=O)Cc2cccc(C#N)c2)C1. The molecular weight excluding hydrogens is 286 g/mol. The zero-order chi connectivity index (χ0) is 15.3. The first-order valence-corrected chi connectivity index (χ1v) is 8.77. The molecule has 2 rings (SSSR count). The number of rotatable bonds is 5. The Balaban J connectivity index is 2.09. The van der Waals surface area contributed by atoms with Crippen molar-refractivity contribution < 1.29 is 8.42 Å². The number of piperidine rings is 1. The second-order valence-corrected chi connectivity index (χ2v) is 7.46. The van der Waals surface area contributed by atoms with E-state index < -0.39 is 10.0 Å². The van der Waals surface area contributed by atoms with Crippen LogP contribution in [0, 0.1) is 17.2 Å². The molecule has 0 spiro atoms. The molecule has 0 aliphatic carbocycles. The van der Waals surface area contributed by atoms with Gasteiger partial charge in [-0.1, -0.05) is 12.1 Å². The molecule has 21 heavy (non-hydrogen) atoms. The third-order valence-electron chi connectivity index (χ3n) is 3.77. The van der Waals surface area contributed by atoms with Gasteiger partial charge in [-0.2, -0.15) is 5.26 Å². The van der Waals surface area contributed by atoms with Crippen LogP contribution in [0.1, 0.15) is 24.0 Å². The third kappa shape index (κ3) is 4.27. The topological polar surface area (TPSA) is 73.2 Å². The molecule has 5 nitrogen and oxygen atoms in total. The molecule has 1 atom stereocenters. The van der Waals surface area contributed by atoms with Crippen LogP contribution in [-0.2, 0) is 15.8 Å². The monoisotopic (exact) mass is 307 g/mol. The summed E-state index contributed by atoms with van der Waals surface area (Å²) in [6.07, 6.45) is 1.97. The molecule has 0 radical (unpaired) electrons. The quantitative estimate of drug-likeness (QED) is 0.890. The van der Waals surface area contributed by atoms with Crippen LogP contribution in [0.3, 0.4) is 0 Å². The van der Waals surface area contributed by atoms with Crippen LogP contribution in [0.5, 0.6) is 0 Å². The highest BCUT2D eigenvalue weighted by molar-refractivity contribution is 7.88. The van der Waals surface area contributed by atoms with Crippen molar-refractivity contribution in [3.05, 3.63) is 35.4 Å². The van der Waals surface area contributed by atoms with Crippen LogP contribution < -0.4 is 5.32 Å². The lowest BCUT2D eigenvalue weighted by atomic mass is 10.00. The number of nitrogens with one attached hydrogen (secondary N) is 1. The van der Waals surface area contributed by atoms with Crippen molar-refractivity contribution in [3.63, 3.8) is 0 Å². The Bertz CT molecular complexity index is 620. The van der Waals surface area contributed by atoms with Crippen molar-refractivity contribution in [1.82, 2.24) is 9.62 Å². The highest BCUT2D eigenvalue weighted by Crippen LogP contribution is 2.21.